The van der Waals surface area contributed by atoms with Crippen LogP contribution in [0.4, 0.5) is 5.69 Å². The normalized spacial score (nSPS) is 10.2. The molecule has 11 heavy (non-hydrogen) atoms. The monoisotopic (exact) mass is 154 g/mol. The first-order valence-corrected chi connectivity index (χ1v) is 2.90. The van der Waals surface area contributed by atoms with E-state index < -0.39 is 5.34 Å². The first kappa shape index (κ1) is 7.96. The molecule has 0 aliphatic carbocycles. The van der Waals surface area contributed by atoms with Crippen molar-refractivity contribution in [3.8, 4) is 0 Å². The summed E-state index contributed by atoms with van der Waals surface area (Å²) in [6.45, 7) is 0. The highest BCUT2D eigenvalue weighted by molar-refractivity contribution is 5.45. The zero-order chi connectivity index (χ0) is 8.27. The number of anilines is 1. The van der Waals surface area contributed by atoms with E-state index in [9.17, 15) is 10.4 Å². The SMILES string of the molecule is [O-]N(O)N([O-])c1ccccc1. The summed E-state index contributed by atoms with van der Waals surface area (Å²) in [4.78, 5) is 0. The fourth-order valence-corrected chi connectivity index (χ4v) is 0.654. The van der Waals surface area contributed by atoms with Gasteiger partial charge in [0.25, 0.3) is 0 Å². The third kappa shape index (κ3) is 1.89. The van der Waals surface area contributed by atoms with Gasteiger partial charge in [-0.2, -0.15) is 5.34 Å². The maximum Gasteiger partial charge on any atom is 0.0416 e. The van der Waals surface area contributed by atoms with Gasteiger partial charge in [-0.25, -0.2) is 0 Å². The molecule has 0 aliphatic heterocycles. The minimum Gasteiger partial charge on any atom is -0.744 e. The second-order valence-electron chi connectivity index (χ2n) is 1.86. The number of hydrogen-bond donors (Lipinski definition) is 1. The van der Waals surface area contributed by atoms with Crippen molar-refractivity contribution < 1.29 is 5.21 Å². The van der Waals surface area contributed by atoms with Crippen LogP contribution in [-0.4, -0.2) is 10.5 Å². The Labute approximate surface area is 63.2 Å². The fourth-order valence-electron chi connectivity index (χ4n) is 0.654. The number of benzene rings is 1. The number of hydrazine groups is 1. The molecule has 0 atom stereocenters. The highest BCUT2D eigenvalue weighted by Crippen LogP contribution is 2.11. The average Bonchev–Trinajstić information content (AvgIpc) is 2.05. The van der Waals surface area contributed by atoms with E-state index in [1.165, 1.54) is 12.1 Å². The minimum atomic E-state index is -0.769. The molecule has 0 unspecified atom stereocenters. The molecule has 0 saturated carbocycles. The van der Waals surface area contributed by atoms with Gasteiger partial charge in [-0.05, 0) is 12.1 Å². The molecule has 1 rings (SSSR count). The summed E-state index contributed by atoms with van der Waals surface area (Å²) in [6.07, 6.45) is 0. The van der Waals surface area contributed by atoms with Crippen LogP contribution < -0.4 is 5.17 Å². The molecule has 0 amide bonds. The second-order valence-corrected chi connectivity index (χ2v) is 1.86. The third-order valence-electron chi connectivity index (χ3n) is 1.13. The van der Waals surface area contributed by atoms with E-state index in [2.05, 4.69) is 0 Å². The van der Waals surface area contributed by atoms with Crippen LogP contribution in [0.3, 0.4) is 0 Å². The van der Waals surface area contributed by atoms with Gasteiger partial charge in [0.2, 0.25) is 0 Å². The Bertz CT molecular complexity index is 214. The maximum atomic E-state index is 10.6. The van der Waals surface area contributed by atoms with Gasteiger partial charge in [-0.15, -0.1) is 0 Å². The molecule has 0 fully saturated rings. The zero-order valence-corrected chi connectivity index (χ0v) is 5.54. The van der Waals surface area contributed by atoms with E-state index in [-0.39, 0.29) is 10.9 Å². The lowest BCUT2D eigenvalue weighted by molar-refractivity contribution is -0.0424. The minimum absolute atomic E-state index is 0.0880. The van der Waals surface area contributed by atoms with Crippen molar-refractivity contribution in [2.45, 2.75) is 0 Å². The molecule has 0 radical (unpaired) electrons. The molecule has 60 valence electrons. The van der Waals surface area contributed by atoms with Crippen LogP contribution in [0.5, 0.6) is 0 Å². The summed E-state index contributed by atoms with van der Waals surface area (Å²) in [5, 5.41) is 27.9. The summed E-state index contributed by atoms with van der Waals surface area (Å²) < 4.78 is 0. The molecule has 0 aliphatic rings. The van der Waals surface area contributed by atoms with Crippen LogP contribution in [-0.2, 0) is 0 Å². The molecule has 5 nitrogen and oxygen atoms in total. The van der Waals surface area contributed by atoms with E-state index in [4.69, 9.17) is 5.21 Å². The summed E-state index contributed by atoms with van der Waals surface area (Å²) in [5.41, 5.74) is 0.0880. The number of para-hydroxylation sites is 1. The van der Waals surface area contributed by atoms with Gasteiger partial charge in [0, 0.05) is 5.69 Å². The highest BCUT2D eigenvalue weighted by Gasteiger charge is 1.91. The molecular weight excluding hydrogens is 148 g/mol. The van der Waals surface area contributed by atoms with Crippen LogP contribution in [0.15, 0.2) is 30.3 Å². The summed E-state index contributed by atoms with van der Waals surface area (Å²) in [7, 11) is 0. The van der Waals surface area contributed by atoms with E-state index in [0.717, 1.165) is 0 Å². The molecule has 1 aromatic carbocycles. The maximum absolute atomic E-state index is 10.6. The molecule has 1 aromatic rings. The quantitative estimate of drug-likeness (QED) is 0.645. The fraction of sp³-hybridized carbons (Fsp3) is 0. The Balaban J connectivity index is 2.77. The smallest absolute Gasteiger partial charge is 0.0416 e. The van der Waals surface area contributed by atoms with Gasteiger partial charge in [0.15, 0.2) is 0 Å². The summed E-state index contributed by atoms with van der Waals surface area (Å²) >= 11 is 0. The van der Waals surface area contributed by atoms with E-state index in [1.54, 1.807) is 18.2 Å². The number of hydrogen-bond acceptors (Lipinski definition) is 5. The van der Waals surface area contributed by atoms with E-state index in [0.29, 0.717) is 0 Å². The van der Waals surface area contributed by atoms with Crippen molar-refractivity contribution in [2.24, 2.45) is 0 Å². The molecule has 0 bridgehead atoms. The molecule has 0 heterocycles. The molecule has 0 aromatic heterocycles. The van der Waals surface area contributed by atoms with Crippen molar-refractivity contribution in [3.63, 3.8) is 0 Å². The predicted molar refractivity (Wildman–Crippen MR) is 39.3 cm³/mol. The molecular formula is C6H6N2O3-2. The van der Waals surface area contributed by atoms with Crippen LogP contribution >= 0.6 is 0 Å². The van der Waals surface area contributed by atoms with E-state index in [1.807, 2.05) is 0 Å². The van der Waals surface area contributed by atoms with Gasteiger partial charge in [-0.3, -0.25) is 0 Å². The standard InChI is InChI=1S/C6H6N2O3/c9-7(8(10)11)6-4-2-1-3-5-6/h1-5,10H/q-2. The largest absolute Gasteiger partial charge is 0.744 e. The van der Waals surface area contributed by atoms with Crippen LogP contribution in [0.2, 0.25) is 0 Å². The highest BCUT2D eigenvalue weighted by atomic mass is 16.9. The van der Waals surface area contributed by atoms with Crippen molar-refractivity contribution in [2.75, 3.05) is 5.17 Å². The first-order valence-electron chi connectivity index (χ1n) is 2.90. The predicted octanol–water partition coefficient (Wildman–Crippen LogP) is 1.09. The molecule has 0 saturated heterocycles. The molecule has 0 spiro atoms. The van der Waals surface area contributed by atoms with E-state index >= 15 is 0 Å². The Hall–Kier alpha value is -1.14. The third-order valence-corrected chi connectivity index (χ3v) is 1.13. The van der Waals surface area contributed by atoms with Crippen LogP contribution in [0.1, 0.15) is 0 Å². The summed E-state index contributed by atoms with van der Waals surface area (Å²) in [5.74, 6) is 0. The second kappa shape index (κ2) is 3.31. The Morgan fingerprint density at radius 1 is 1.09 bits per heavy atom. The average molecular weight is 154 g/mol. The first-order chi connectivity index (χ1) is 5.22. The number of rotatable bonds is 2. The van der Waals surface area contributed by atoms with Gasteiger partial charge in [0.1, 0.15) is 0 Å². The Morgan fingerprint density at radius 3 is 2.09 bits per heavy atom. The van der Waals surface area contributed by atoms with Gasteiger partial charge >= 0.3 is 0 Å². The van der Waals surface area contributed by atoms with Gasteiger partial charge < -0.3 is 20.8 Å². The lowest BCUT2D eigenvalue weighted by Crippen LogP contribution is -2.30. The van der Waals surface area contributed by atoms with Crippen molar-refractivity contribution in [1.82, 2.24) is 5.34 Å². The Morgan fingerprint density at radius 2 is 1.64 bits per heavy atom. The van der Waals surface area contributed by atoms with Crippen LogP contribution in [0.25, 0.3) is 0 Å². The topological polar surface area (TPSA) is 72.8 Å². The van der Waals surface area contributed by atoms with Gasteiger partial charge in [-0.1, -0.05) is 18.2 Å². The zero-order valence-electron chi connectivity index (χ0n) is 5.54. The van der Waals surface area contributed by atoms with Crippen molar-refractivity contribution >= 4 is 5.69 Å². The molecule has 1 N–H and O–H groups in total. The van der Waals surface area contributed by atoms with Crippen molar-refractivity contribution in [1.29, 1.82) is 0 Å². The lowest BCUT2D eigenvalue weighted by atomic mass is 10.3. The van der Waals surface area contributed by atoms with Crippen molar-refractivity contribution in [3.05, 3.63) is 40.7 Å². The summed E-state index contributed by atoms with van der Waals surface area (Å²) in [6, 6.07) is 7.69. The Kier molecular flexibility index (Phi) is 2.40. The van der Waals surface area contributed by atoms with Gasteiger partial charge in [0.05, 0.1) is 0 Å². The van der Waals surface area contributed by atoms with Crippen LogP contribution in [0, 0.1) is 10.4 Å². The number of nitrogens with zero attached hydrogens (tertiary/aromatic N) is 2. The lowest BCUT2D eigenvalue weighted by Gasteiger charge is -2.40. The molecule has 5 heteroatoms.